The number of hydrogen-bond acceptors (Lipinski definition) is 3. The quantitative estimate of drug-likeness (QED) is 0.793. The van der Waals surface area contributed by atoms with Gasteiger partial charge in [-0.2, -0.15) is 0 Å². The van der Waals surface area contributed by atoms with E-state index in [0.717, 1.165) is 25.7 Å². The fourth-order valence-electron chi connectivity index (χ4n) is 3.87. The van der Waals surface area contributed by atoms with E-state index in [4.69, 9.17) is 0 Å². The van der Waals surface area contributed by atoms with E-state index in [1.807, 2.05) is 0 Å². The van der Waals surface area contributed by atoms with Gasteiger partial charge in [0.05, 0.1) is 11.1 Å². The fourth-order valence-corrected chi connectivity index (χ4v) is 3.87. The van der Waals surface area contributed by atoms with Crippen LogP contribution >= 0.6 is 0 Å². The Labute approximate surface area is 111 Å². The van der Waals surface area contributed by atoms with Crippen LogP contribution in [0.1, 0.15) is 66.2 Å². The average Bonchev–Trinajstić information content (AvgIpc) is 2.27. The second-order valence-electron chi connectivity index (χ2n) is 6.87. The van der Waals surface area contributed by atoms with Crippen LogP contribution in [0, 0.1) is 0 Å². The Kier molecular flexibility index (Phi) is 3.84. The molecule has 0 aromatic carbocycles. The molecule has 0 aliphatic carbocycles. The van der Waals surface area contributed by atoms with Gasteiger partial charge in [0.25, 0.3) is 0 Å². The summed E-state index contributed by atoms with van der Waals surface area (Å²) in [5.74, 6) is 0.369. The van der Waals surface area contributed by atoms with Crippen LogP contribution in [0.3, 0.4) is 0 Å². The van der Waals surface area contributed by atoms with Gasteiger partial charge in [0.1, 0.15) is 0 Å². The Morgan fingerprint density at radius 3 is 1.67 bits per heavy atom. The van der Waals surface area contributed by atoms with Crippen LogP contribution in [0.25, 0.3) is 0 Å². The molecule has 2 heterocycles. The number of rotatable bonds is 2. The largest absolute Gasteiger partial charge is 0.303 e. The zero-order valence-electron chi connectivity index (χ0n) is 12.3. The third-order valence-corrected chi connectivity index (χ3v) is 4.76. The van der Waals surface area contributed by atoms with Gasteiger partial charge in [0.15, 0.2) is 5.78 Å². The number of ketones is 1. The van der Waals surface area contributed by atoms with Crippen molar-refractivity contribution >= 4 is 5.78 Å². The lowest BCUT2D eigenvalue weighted by atomic mass is 9.73. The van der Waals surface area contributed by atoms with E-state index in [9.17, 15) is 4.79 Å². The highest BCUT2D eigenvalue weighted by Crippen LogP contribution is 2.32. The van der Waals surface area contributed by atoms with Crippen LogP contribution in [0.5, 0.6) is 0 Å². The maximum absolute atomic E-state index is 13.0. The molecule has 2 rings (SSSR count). The molecule has 3 nitrogen and oxygen atoms in total. The van der Waals surface area contributed by atoms with Gasteiger partial charge in [-0.3, -0.25) is 4.79 Å². The Morgan fingerprint density at radius 1 is 0.944 bits per heavy atom. The van der Waals surface area contributed by atoms with Gasteiger partial charge in [-0.15, -0.1) is 0 Å². The second kappa shape index (κ2) is 4.93. The van der Waals surface area contributed by atoms with Gasteiger partial charge < -0.3 is 10.6 Å². The molecular formula is C15H28N2O. The first-order chi connectivity index (χ1) is 8.36. The number of Topliss-reactive ketones (excluding diaryl/α,β-unsaturated/α-hetero) is 1. The number of carbonyl (C=O) groups is 1. The van der Waals surface area contributed by atoms with Gasteiger partial charge in [-0.05, 0) is 66.2 Å². The van der Waals surface area contributed by atoms with E-state index in [1.54, 1.807) is 0 Å². The van der Waals surface area contributed by atoms with Crippen molar-refractivity contribution in [3.05, 3.63) is 0 Å². The lowest BCUT2D eigenvalue weighted by Crippen LogP contribution is -2.67. The highest BCUT2D eigenvalue weighted by molar-refractivity contribution is 5.96. The molecule has 4 atom stereocenters. The fraction of sp³-hybridized carbons (Fsp3) is 0.933. The third kappa shape index (κ3) is 2.62. The molecule has 2 aliphatic rings. The highest BCUT2D eigenvalue weighted by Gasteiger charge is 2.47. The Bertz CT molecular complexity index is 300. The van der Waals surface area contributed by atoms with Crippen LogP contribution in [0.2, 0.25) is 0 Å². The Morgan fingerprint density at radius 2 is 1.33 bits per heavy atom. The summed E-state index contributed by atoms with van der Waals surface area (Å²) in [6, 6.07) is 0.912. The van der Waals surface area contributed by atoms with Gasteiger partial charge in [-0.1, -0.05) is 0 Å². The van der Waals surface area contributed by atoms with Crippen molar-refractivity contribution in [1.29, 1.82) is 0 Å². The lowest BCUT2D eigenvalue weighted by molar-refractivity contribution is -0.133. The van der Waals surface area contributed by atoms with E-state index in [2.05, 4.69) is 38.3 Å². The molecule has 0 spiro atoms. The molecule has 2 fully saturated rings. The van der Waals surface area contributed by atoms with Crippen molar-refractivity contribution in [2.45, 2.75) is 89.4 Å². The van der Waals surface area contributed by atoms with Crippen molar-refractivity contribution in [2.75, 3.05) is 0 Å². The first-order valence-electron chi connectivity index (χ1n) is 7.46. The normalized spacial score (nSPS) is 45.8. The summed E-state index contributed by atoms with van der Waals surface area (Å²) in [5, 5.41) is 7.08. The van der Waals surface area contributed by atoms with E-state index in [-0.39, 0.29) is 11.1 Å². The SMILES string of the molecule is CC1CCCC(C)(C(=O)C2(C)CCCC(C)N2)N1. The van der Waals surface area contributed by atoms with Crippen LogP contribution in [0.15, 0.2) is 0 Å². The lowest BCUT2D eigenvalue weighted by Gasteiger charge is -2.46. The van der Waals surface area contributed by atoms with E-state index in [0.29, 0.717) is 17.9 Å². The number of hydrogen-bond donors (Lipinski definition) is 2. The second-order valence-corrected chi connectivity index (χ2v) is 6.87. The third-order valence-electron chi connectivity index (χ3n) is 4.76. The summed E-state index contributed by atoms with van der Waals surface area (Å²) in [6.07, 6.45) is 6.63. The van der Waals surface area contributed by atoms with Gasteiger partial charge >= 0.3 is 0 Å². The van der Waals surface area contributed by atoms with E-state index < -0.39 is 0 Å². The van der Waals surface area contributed by atoms with Crippen molar-refractivity contribution in [3.63, 3.8) is 0 Å². The minimum Gasteiger partial charge on any atom is -0.303 e. The van der Waals surface area contributed by atoms with Crippen LogP contribution in [-0.4, -0.2) is 28.9 Å². The van der Waals surface area contributed by atoms with Gasteiger partial charge in [0, 0.05) is 12.1 Å². The van der Waals surface area contributed by atoms with Crippen molar-refractivity contribution in [3.8, 4) is 0 Å². The number of carbonyl (C=O) groups excluding carboxylic acids is 1. The molecule has 2 N–H and O–H groups in total. The van der Waals surface area contributed by atoms with Crippen LogP contribution < -0.4 is 10.6 Å². The molecule has 3 heteroatoms. The Hall–Kier alpha value is -0.410. The first-order valence-corrected chi connectivity index (χ1v) is 7.46. The molecule has 0 aromatic heterocycles. The van der Waals surface area contributed by atoms with Crippen molar-refractivity contribution < 1.29 is 4.79 Å². The molecule has 4 unspecified atom stereocenters. The molecule has 2 aliphatic heterocycles. The maximum atomic E-state index is 13.0. The van der Waals surface area contributed by atoms with Crippen LogP contribution in [0.4, 0.5) is 0 Å². The molecule has 0 bridgehead atoms. The zero-order valence-corrected chi connectivity index (χ0v) is 12.3. The summed E-state index contributed by atoms with van der Waals surface area (Å²) in [5.41, 5.74) is -0.674. The molecule has 0 radical (unpaired) electrons. The minimum absolute atomic E-state index is 0.337. The summed E-state index contributed by atoms with van der Waals surface area (Å²) in [6.45, 7) is 8.56. The molecule has 0 amide bonds. The topological polar surface area (TPSA) is 41.1 Å². The number of nitrogens with one attached hydrogen (secondary N) is 2. The molecule has 0 aromatic rings. The van der Waals surface area contributed by atoms with Crippen LogP contribution in [-0.2, 0) is 4.79 Å². The monoisotopic (exact) mass is 252 g/mol. The summed E-state index contributed by atoms with van der Waals surface area (Å²) >= 11 is 0. The summed E-state index contributed by atoms with van der Waals surface area (Å²) < 4.78 is 0. The van der Waals surface area contributed by atoms with E-state index >= 15 is 0 Å². The first kappa shape index (κ1) is 14.0. The van der Waals surface area contributed by atoms with Crippen molar-refractivity contribution in [1.82, 2.24) is 10.6 Å². The maximum Gasteiger partial charge on any atom is 0.172 e. The summed E-state index contributed by atoms with van der Waals surface area (Å²) in [7, 11) is 0. The smallest absolute Gasteiger partial charge is 0.172 e. The average molecular weight is 252 g/mol. The molecule has 18 heavy (non-hydrogen) atoms. The van der Waals surface area contributed by atoms with E-state index in [1.165, 1.54) is 12.8 Å². The Balaban J connectivity index is 2.14. The summed E-state index contributed by atoms with van der Waals surface area (Å²) in [4.78, 5) is 13.0. The predicted octanol–water partition coefficient (Wildman–Crippen LogP) is 2.40. The molecular weight excluding hydrogens is 224 g/mol. The molecule has 0 saturated carbocycles. The molecule has 2 saturated heterocycles. The van der Waals surface area contributed by atoms with Gasteiger partial charge in [0.2, 0.25) is 0 Å². The molecule has 104 valence electrons. The zero-order chi connectivity index (χ0) is 13.4. The standard InChI is InChI=1S/C15H28N2O/c1-11-7-5-9-14(3,16-11)13(18)15(4)10-6-8-12(2)17-15/h11-12,16-17H,5-10H2,1-4H3. The minimum atomic E-state index is -0.337. The predicted molar refractivity (Wildman–Crippen MR) is 74.7 cm³/mol. The van der Waals surface area contributed by atoms with Gasteiger partial charge in [-0.25, -0.2) is 0 Å². The van der Waals surface area contributed by atoms with Crippen molar-refractivity contribution in [2.24, 2.45) is 0 Å². The number of piperidine rings is 2. The highest BCUT2D eigenvalue weighted by atomic mass is 16.1.